The fourth-order valence-corrected chi connectivity index (χ4v) is 1.22. The fraction of sp³-hybridized carbons (Fsp3) is 0.857. The molecule has 0 aromatic carbocycles. The van der Waals surface area contributed by atoms with Gasteiger partial charge in [-0.2, -0.15) is 0 Å². The molecule has 1 rings (SSSR count). The minimum Gasteiger partial charge on any atom is -0.465 e. The van der Waals surface area contributed by atoms with Gasteiger partial charge in [0.05, 0.1) is 12.7 Å². The third-order valence-corrected chi connectivity index (χ3v) is 1.88. The highest BCUT2D eigenvalue weighted by Crippen LogP contribution is 2.30. The molecule has 0 bridgehead atoms. The number of aliphatic hydroxyl groups is 1. The zero-order chi connectivity index (χ0) is 8.48. The van der Waals surface area contributed by atoms with Gasteiger partial charge < -0.3 is 15.6 Å². The molecule has 0 aromatic rings. The summed E-state index contributed by atoms with van der Waals surface area (Å²) in [5.41, 5.74) is 4.68. The van der Waals surface area contributed by atoms with Gasteiger partial charge in [-0.15, -0.1) is 0 Å². The van der Waals surface area contributed by atoms with E-state index in [1.54, 1.807) is 6.92 Å². The first-order valence-electron chi connectivity index (χ1n) is 3.72. The molecule has 0 heterocycles. The number of hydrogen-bond acceptors (Lipinski definition) is 4. The van der Waals surface area contributed by atoms with E-state index in [0.29, 0.717) is 19.4 Å². The predicted octanol–water partition coefficient (Wildman–Crippen LogP) is -0.598. The summed E-state index contributed by atoms with van der Waals surface area (Å²) in [4.78, 5) is 11.0. The maximum Gasteiger partial charge on any atom is 0.326 e. The van der Waals surface area contributed by atoms with E-state index in [9.17, 15) is 4.79 Å². The summed E-state index contributed by atoms with van der Waals surface area (Å²) in [5.74, 6) is -0.398. The molecule has 0 radical (unpaired) electrons. The summed E-state index contributed by atoms with van der Waals surface area (Å²) in [6, 6.07) is 0. The Balaban J connectivity index is 2.41. The number of ether oxygens (including phenoxy) is 1. The van der Waals surface area contributed by atoms with Crippen molar-refractivity contribution >= 4 is 5.97 Å². The van der Waals surface area contributed by atoms with Crippen LogP contribution in [0.3, 0.4) is 0 Å². The lowest BCUT2D eigenvalue weighted by Gasteiger charge is -2.39. The van der Waals surface area contributed by atoms with Gasteiger partial charge in [-0.25, -0.2) is 0 Å². The molecule has 0 unspecified atom stereocenters. The van der Waals surface area contributed by atoms with Crippen molar-refractivity contribution in [3.63, 3.8) is 0 Å². The number of carbonyl (C=O) groups is 1. The summed E-state index contributed by atoms with van der Waals surface area (Å²) >= 11 is 0. The average Bonchev–Trinajstić information content (AvgIpc) is 1.85. The van der Waals surface area contributed by atoms with Crippen LogP contribution in [0.5, 0.6) is 0 Å². The maximum absolute atomic E-state index is 11.0. The quantitative estimate of drug-likeness (QED) is 0.528. The van der Waals surface area contributed by atoms with Crippen molar-refractivity contribution in [2.24, 2.45) is 5.73 Å². The van der Waals surface area contributed by atoms with Gasteiger partial charge in [0, 0.05) is 12.8 Å². The van der Waals surface area contributed by atoms with Crippen molar-refractivity contribution in [1.29, 1.82) is 0 Å². The summed E-state index contributed by atoms with van der Waals surface area (Å²) in [6.45, 7) is 2.07. The Morgan fingerprint density at radius 2 is 2.36 bits per heavy atom. The minimum absolute atomic E-state index is 0.325. The van der Waals surface area contributed by atoms with Crippen LogP contribution in [0.2, 0.25) is 0 Å². The molecule has 64 valence electrons. The number of hydrogen-bond donors (Lipinski definition) is 2. The zero-order valence-corrected chi connectivity index (χ0v) is 6.54. The van der Waals surface area contributed by atoms with Gasteiger partial charge in [0.2, 0.25) is 0 Å². The SMILES string of the molecule is CCOC(=O)[C@]1(N)C[C@@H](O)C1. The second-order valence-electron chi connectivity index (χ2n) is 2.94. The van der Waals surface area contributed by atoms with Gasteiger partial charge >= 0.3 is 5.97 Å². The molecule has 1 aliphatic carbocycles. The molecule has 1 saturated carbocycles. The number of aliphatic hydroxyl groups excluding tert-OH is 1. The van der Waals surface area contributed by atoms with E-state index in [-0.39, 0.29) is 0 Å². The Bertz CT molecular complexity index is 163. The van der Waals surface area contributed by atoms with E-state index < -0.39 is 17.6 Å². The first-order valence-corrected chi connectivity index (χ1v) is 3.72. The molecule has 0 aromatic heterocycles. The zero-order valence-electron chi connectivity index (χ0n) is 6.54. The van der Waals surface area contributed by atoms with Crippen molar-refractivity contribution in [3.05, 3.63) is 0 Å². The summed E-state index contributed by atoms with van der Waals surface area (Å²) in [7, 11) is 0. The van der Waals surface area contributed by atoms with E-state index in [2.05, 4.69) is 0 Å². The van der Waals surface area contributed by atoms with Crippen LogP contribution in [0.25, 0.3) is 0 Å². The van der Waals surface area contributed by atoms with Crippen molar-refractivity contribution in [2.75, 3.05) is 6.61 Å². The van der Waals surface area contributed by atoms with Gasteiger partial charge in [0.25, 0.3) is 0 Å². The van der Waals surface area contributed by atoms with Crippen LogP contribution in [-0.2, 0) is 9.53 Å². The smallest absolute Gasteiger partial charge is 0.326 e. The Morgan fingerprint density at radius 1 is 1.82 bits per heavy atom. The second kappa shape index (κ2) is 2.79. The van der Waals surface area contributed by atoms with E-state index >= 15 is 0 Å². The Kier molecular flexibility index (Phi) is 2.15. The van der Waals surface area contributed by atoms with Crippen molar-refractivity contribution in [3.8, 4) is 0 Å². The predicted molar refractivity (Wildman–Crippen MR) is 38.8 cm³/mol. The van der Waals surface area contributed by atoms with Crippen LogP contribution in [-0.4, -0.2) is 29.3 Å². The van der Waals surface area contributed by atoms with Crippen LogP contribution < -0.4 is 5.73 Å². The third kappa shape index (κ3) is 1.52. The van der Waals surface area contributed by atoms with Gasteiger partial charge in [-0.3, -0.25) is 4.79 Å². The number of esters is 1. The molecule has 1 aliphatic rings. The van der Waals surface area contributed by atoms with Crippen LogP contribution in [0, 0.1) is 0 Å². The largest absolute Gasteiger partial charge is 0.465 e. The normalized spacial score (nSPS) is 36.1. The van der Waals surface area contributed by atoms with E-state index in [1.165, 1.54) is 0 Å². The topological polar surface area (TPSA) is 72.5 Å². The standard InChI is InChI=1S/C7H13NO3/c1-2-11-6(10)7(8)3-5(9)4-7/h5,9H,2-4,8H2,1H3/t5-,7+. The third-order valence-electron chi connectivity index (χ3n) is 1.88. The average molecular weight is 159 g/mol. The Morgan fingerprint density at radius 3 is 2.73 bits per heavy atom. The van der Waals surface area contributed by atoms with Crippen molar-refractivity contribution < 1.29 is 14.6 Å². The summed E-state index contributed by atoms with van der Waals surface area (Å²) in [5, 5.41) is 8.91. The molecule has 4 nitrogen and oxygen atoms in total. The lowest BCUT2D eigenvalue weighted by Crippen LogP contribution is -2.60. The van der Waals surface area contributed by atoms with E-state index in [1.807, 2.05) is 0 Å². The fourth-order valence-electron chi connectivity index (χ4n) is 1.22. The summed E-state index contributed by atoms with van der Waals surface area (Å²) in [6.07, 6.45) is 0.224. The molecule has 4 heteroatoms. The van der Waals surface area contributed by atoms with Crippen molar-refractivity contribution in [2.45, 2.75) is 31.4 Å². The molecule has 0 atom stereocenters. The number of rotatable bonds is 2. The molecule has 11 heavy (non-hydrogen) atoms. The summed E-state index contributed by atoms with van der Waals surface area (Å²) < 4.78 is 4.72. The van der Waals surface area contributed by atoms with Crippen LogP contribution >= 0.6 is 0 Å². The molecule has 1 fully saturated rings. The maximum atomic E-state index is 11.0. The molecule has 3 N–H and O–H groups in total. The highest BCUT2D eigenvalue weighted by Gasteiger charge is 2.47. The Labute approximate surface area is 65.3 Å². The highest BCUT2D eigenvalue weighted by molar-refractivity contribution is 5.82. The minimum atomic E-state index is -0.907. The number of nitrogens with two attached hydrogens (primary N) is 1. The monoisotopic (exact) mass is 159 g/mol. The molecule has 0 spiro atoms. The van der Waals surface area contributed by atoms with Gasteiger partial charge in [0.15, 0.2) is 0 Å². The first-order chi connectivity index (χ1) is 5.08. The second-order valence-corrected chi connectivity index (χ2v) is 2.94. The van der Waals surface area contributed by atoms with Crippen molar-refractivity contribution in [1.82, 2.24) is 0 Å². The van der Waals surface area contributed by atoms with Gasteiger partial charge in [-0.1, -0.05) is 0 Å². The number of carbonyl (C=O) groups excluding carboxylic acids is 1. The molecule has 0 aliphatic heterocycles. The lowest BCUT2D eigenvalue weighted by molar-refractivity contribution is -0.158. The van der Waals surface area contributed by atoms with E-state index in [4.69, 9.17) is 15.6 Å². The highest BCUT2D eigenvalue weighted by atomic mass is 16.5. The first kappa shape index (κ1) is 8.49. The van der Waals surface area contributed by atoms with Crippen LogP contribution in [0.15, 0.2) is 0 Å². The van der Waals surface area contributed by atoms with Gasteiger partial charge in [-0.05, 0) is 6.92 Å². The van der Waals surface area contributed by atoms with Gasteiger partial charge in [0.1, 0.15) is 5.54 Å². The van der Waals surface area contributed by atoms with Crippen LogP contribution in [0.1, 0.15) is 19.8 Å². The van der Waals surface area contributed by atoms with Crippen LogP contribution in [0.4, 0.5) is 0 Å². The molecule has 0 saturated heterocycles. The molecule has 0 amide bonds. The molecular formula is C7H13NO3. The molecular weight excluding hydrogens is 146 g/mol. The Hall–Kier alpha value is -0.610. The lowest BCUT2D eigenvalue weighted by atomic mass is 9.75. The van der Waals surface area contributed by atoms with E-state index in [0.717, 1.165) is 0 Å².